The van der Waals surface area contributed by atoms with Crippen LogP contribution in [0.5, 0.6) is 5.06 Å². The Morgan fingerprint density at radius 2 is 2.35 bits per heavy atom. The monoisotopic (exact) mass is 316 g/mol. The topological polar surface area (TPSA) is 58.6 Å². The van der Waals surface area contributed by atoms with Gasteiger partial charge in [0.05, 0.1) is 4.34 Å². The van der Waals surface area contributed by atoms with E-state index in [0.717, 1.165) is 0 Å². The Hall–Kier alpha value is -1.11. The van der Waals surface area contributed by atoms with E-state index in [2.05, 4.69) is 5.32 Å². The first-order chi connectivity index (χ1) is 9.39. The number of nitrogens with zero attached hydrogens (tertiary/aromatic N) is 1. The molecule has 7 heteroatoms. The van der Waals surface area contributed by atoms with E-state index in [0.29, 0.717) is 22.4 Å². The molecule has 0 radical (unpaired) electrons. The molecule has 2 atom stereocenters. The molecule has 1 aliphatic heterocycles. The van der Waals surface area contributed by atoms with E-state index in [1.54, 1.807) is 12.1 Å². The van der Waals surface area contributed by atoms with Gasteiger partial charge in [0.15, 0.2) is 5.06 Å². The zero-order chi connectivity index (χ0) is 14.9. The molecule has 110 valence electrons. The van der Waals surface area contributed by atoms with Gasteiger partial charge in [0.1, 0.15) is 0 Å². The number of hydrogen-bond acceptors (Lipinski definition) is 5. The molecule has 1 aliphatic rings. The summed E-state index contributed by atoms with van der Waals surface area (Å²) in [5.41, 5.74) is -1.20. The van der Waals surface area contributed by atoms with Gasteiger partial charge < -0.3 is 4.74 Å². The largest absolute Gasteiger partial charge is 0.454 e. The number of rotatable bonds is 3. The van der Waals surface area contributed by atoms with E-state index in [1.807, 2.05) is 13.8 Å². The number of amides is 2. The van der Waals surface area contributed by atoms with E-state index in [1.165, 1.54) is 23.2 Å². The van der Waals surface area contributed by atoms with Crippen molar-refractivity contribution in [3.63, 3.8) is 0 Å². The zero-order valence-corrected chi connectivity index (χ0v) is 13.2. The number of carbonyl (C=O) groups excluding carboxylic acids is 2. The molecular weight excluding hydrogens is 300 g/mol. The number of carbonyl (C=O) groups is 2. The Morgan fingerprint density at radius 1 is 1.65 bits per heavy atom. The van der Waals surface area contributed by atoms with Crippen LogP contribution < -0.4 is 10.1 Å². The molecule has 0 bridgehead atoms. The number of hydrogen-bond donors (Lipinski definition) is 1. The minimum atomic E-state index is -1.20. The predicted octanol–water partition coefficient (Wildman–Crippen LogP) is 2.25. The van der Waals surface area contributed by atoms with Crippen molar-refractivity contribution in [2.75, 3.05) is 6.54 Å². The van der Waals surface area contributed by atoms with Gasteiger partial charge in [0, 0.05) is 25.9 Å². The Balaban J connectivity index is 2.29. The van der Waals surface area contributed by atoms with Crippen LogP contribution in [0.3, 0.4) is 0 Å². The van der Waals surface area contributed by atoms with E-state index >= 15 is 0 Å². The van der Waals surface area contributed by atoms with Crippen LogP contribution in [0.1, 0.15) is 27.2 Å². The van der Waals surface area contributed by atoms with Crippen LogP contribution in [0.4, 0.5) is 0 Å². The fourth-order valence-electron chi connectivity index (χ4n) is 2.28. The summed E-state index contributed by atoms with van der Waals surface area (Å²) in [6.45, 7) is 5.56. The highest BCUT2D eigenvalue weighted by Crippen LogP contribution is 2.33. The Kier molecular flexibility index (Phi) is 4.36. The molecule has 2 rings (SSSR count). The third-order valence-corrected chi connectivity index (χ3v) is 4.46. The lowest BCUT2D eigenvalue weighted by Gasteiger charge is -2.43. The lowest BCUT2D eigenvalue weighted by molar-refractivity contribution is -0.166. The van der Waals surface area contributed by atoms with Crippen molar-refractivity contribution < 1.29 is 14.3 Å². The van der Waals surface area contributed by atoms with Crippen molar-refractivity contribution in [1.82, 2.24) is 10.2 Å². The molecule has 0 aromatic carbocycles. The van der Waals surface area contributed by atoms with Crippen LogP contribution in [-0.2, 0) is 9.59 Å². The maximum absolute atomic E-state index is 12.6. The molecule has 1 fully saturated rings. The second-order valence-electron chi connectivity index (χ2n) is 4.77. The summed E-state index contributed by atoms with van der Waals surface area (Å²) < 4.78 is 6.42. The Morgan fingerprint density at radius 3 is 2.85 bits per heavy atom. The molecule has 1 N–H and O–H groups in total. The normalized spacial score (nSPS) is 26.7. The standard InChI is InChI=1S/C13H17ClN2O3S/c1-4-13(19-11-6-5-10(14)20-11)12(18)16(9(3)17)8(2)7-15-13/h5-6,8,15H,4,7H2,1-3H3/t8?,13-/m0/s1. The highest BCUT2D eigenvalue weighted by molar-refractivity contribution is 7.17. The number of thiophene rings is 1. The van der Waals surface area contributed by atoms with E-state index in [4.69, 9.17) is 16.3 Å². The van der Waals surface area contributed by atoms with Gasteiger partial charge in [-0.05, 0) is 19.1 Å². The van der Waals surface area contributed by atoms with Crippen LogP contribution >= 0.6 is 22.9 Å². The second-order valence-corrected chi connectivity index (χ2v) is 6.44. The van der Waals surface area contributed by atoms with Crippen molar-refractivity contribution in [3.8, 4) is 5.06 Å². The van der Waals surface area contributed by atoms with Gasteiger partial charge in [-0.25, -0.2) is 0 Å². The number of piperazine rings is 1. The van der Waals surface area contributed by atoms with Gasteiger partial charge in [0.25, 0.3) is 5.91 Å². The zero-order valence-electron chi connectivity index (χ0n) is 11.6. The van der Waals surface area contributed by atoms with E-state index in [-0.39, 0.29) is 17.9 Å². The number of nitrogens with one attached hydrogen (secondary N) is 1. The molecule has 2 heterocycles. The highest BCUT2D eigenvalue weighted by atomic mass is 35.5. The minimum absolute atomic E-state index is 0.185. The first-order valence-corrected chi connectivity index (χ1v) is 7.62. The molecule has 0 spiro atoms. The van der Waals surface area contributed by atoms with Crippen molar-refractivity contribution in [2.45, 2.75) is 39.0 Å². The fourth-order valence-corrected chi connectivity index (χ4v) is 3.22. The Bertz CT molecular complexity index is 533. The van der Waals surface area contributed by atoms with Gasteiger partial charge in [0.2, 0.25) is 11.6 Å². The van der Waals surface area contributed by atoms with Crippen LogP contribution in [0.15, 0.2) is 12.1 Å². The smallest absolute Gasteiger partial charge is 0.289 e. The van der Waals surface area contributed by atoms with Crippen LogP contribution in [0.25, 0.3) is 0 Å². The third-order valence-electron chi connectivity index (χ3n) is 3.35. The SMILES string of the molecule is CC[C@@]1(Oc2ccc(Cl)s2)NCC(C)N(C(C)=O)C1=O. The van der Waals surface area contributed by atoms with Gasteiger partial charge in [-0.3, -0.25) is 19.8 Å². The summed E-state index contributed by atoms with van der Waals surface area (Å²) in [6.07, 6.45) is 0.415. The van der Waals surface area contributed by atoms with Crippen LogP contribution in [0.2, 0.25) is 4.34 Å². The lowest BCUT2D eigenvalue weighted by Crippen LogP contribution is -2.70. The minimum Gasteiger partial charge on any atom is -0.454 e. The molecule has 5 nitrogen and oxygen atoms in total. The van der Waals surface area contributed by atoms with E-state index < -0.39 is 5.72 Å². The predicted molar refractivity (Wildman–Crippen MR) is 78.0 cm³/mol. The van der Waals surface area contributed by atoms with Gasteiger partial charge >= 0.3 is 0 Å². The molecular formula is C13H17ClN2O3S. The molecule has 20 heavy (non-hydrogen) atoms. The average molecular weight is 317 g/mol. The molecule has 2 amide bonds. The highest BCUT2D eigenvalue weighted by Gasteiger charge is 2.48. The summed E-state index contributed by atoms with van der Waals surface area (Å²) in [7, 11) is 0. The molecule has 0 saturated carbocycles. The lowest BCUT2D eigenvalue weighted by atomic mass is 10.0. The van der Waals surface area contributed by atoms with Crippen molar-refractivity contribution in [3.05, 3.63) is 16.5 Å². The first-order valence-electron chi connectivity index (χ1n) is 6.43. The molecule has 1 aromatic rings. The van der Waals surface area contributed by atoms with Crippen molar-refractivity contribution in [1.29, 1.82) is 0 Å². The summed E-state index contributed by atoms with van der Waals surface area (Å²) in [4.78, 5) is 25.6. The number of halogens is 1. The summed E-state index contributed by atoms with van der Waals surface area (Å²) in [5.74, 6) is -0.620. The van der Waals surface area contributed by atoms with Crippen molar-refractivity contribution in [2.24, 2.45) is 0 Å². The second kappa shape index (κ2) is 5.71. The third kappa shape index (κ3) is 2.68. The molecule has 1 unspecified atom stereocenters. The molecule has 1 aromatic heterocycles. The maximum Gasteiger partial charge on any atom is 0.289 e. The average Bonchev–Trinajstić information content (AvgIpc) is 2.78. The fraction of sp³-hybridized carbons (Fsp3) is 0.538. The molecule has 1 saturated heterocycles. The molecule has 0 aliphatic carbocycles. The van der Waals surface area contributed by atoms with Gasteiger partial charge in [-0.15, -0.1) is 0 Å². The first kappa shape index (κ1) is 15.3. The van der Waals surface area contributed by atoms with Crippen molar-refractivity contribution >= 4 is 34.8 Å². The Labute approximate surface area is 126 Å². The van der Waals surface area contributed by atoms with E-state index in [9.17, 15) is 9.59 Å². The van der Waals surface area contributed by atoms with Gasteiger partial charge in [-0.1, -0.05) is 29.9 Å². The summed E-state index contributed by atoms with van der Waals surface area (Å²) in [6, 6.07) is 3.24. The summed E-state index contributed by atoms with van der Waals surface area (Å²) >= 11 is 7.13. The summed E-state index contributed by atoms with van der Waals surface area (Å²) in [5, 5.41) is 3.67. The maximum atomic E-state index is 12.6. The quantitative estimate of drug-likeness (QED) is 0.929. The van der Waals surface area contributed by atoms with Crippen LogP contribution in [-0.4, -0.2) is 35.0 Å². The van der Waals surface area contributed by atoms with Crippen LogP contribution in [0, 0.1) is 0 Å². The number of ether oxygens (including phenoxy) is 1. The van der Waals surface area contributed by atoms with Gasteiger partial charge in [-0.2, -0.15) is 0 Å². The number of imide groups is 1.